The Morgan fingerprint density at radius 3 is 2.64 bits per heavy atom. The van der Waals surface area contributed by atoms with Gasteiger partial charge >= 0.3 is 6.18 Å². The zero-order valence-electron chi connectivity index (χ0n) is 13.7. The van der Waals surface area contributed by atoms with Crippen molar-refractivity contribution in [1.82, 2.24) is 0 Å². The summed E-state index contributed by atoms with van der Waals surface area (Å²) >= 11 is 0. The first-order valence-corrected chi connectivity index (χ1v) is 8.03. The minimum atomic E-state index is -4.41. The molecule has 25 heavy (non-hydrogen) atoms. The normalized spacial score (nSPS) is 14.2. The molecule has 0 aromatic heterocycles. The van der Waals surface area contributed by atoms with E-state index in [2.05, 4.69) is 5.32 Å². The molecule has 0 atom stereocenters. The van der Waals surface area contributed by atoms with Gasteiger partial charge in [-0.25, -0.2) is 0 Å². The molecule has 2 aromatic rings. The largest absolute Gasteiger partial charge is 0.489 e. The Balaban J connectivity index is 1.74. The molecule has 0 bridgehead atoms. The highest BCUT2D eigenvalue weighted by atomic mass is 19.4. The zero-order chi connectivity index (χ0) is 18.0. The Kier molecular flexibility index (Phi) is 4.70. The lowest BCUT2D eigenvalue weighted by atomic mass is 10.1. The molecule has 1 fully saturated rings. The summed E-state index contributed by atoms with van der Waals surface area (Å²) in [6.45, 7) is 1.98. The highest BCUT2D eigenvalue weighted by Gasteiger charge is 2.31. The molecule has 3 rings (SSSR count). The van der Waals surface area contributed by atoms with Crippen LogP contribution >= 0.6 is 0 Å². The SMILES string of the molecule is Cc1ccc(NC(=O)C2CC2)c(COc2cccc(C(F)(F)F)c2)c1. The first-order valence-electron chi connectivity index (χ1n) is 8.03. The first-order chi connectivity index (χ1) is 11.8. The van der Waals surface area contributed by atoms with Gasteiger partial charge in [-0.2, -0.15) is 13.2 Å². The molecular weight excluding hydrogens is 331 g/mol. The Bertz CT molecular complexity index is 782. The monoisotopic (exact) mass is 349 g/mol. The van der Waals surface area contributed by atoms with Gasteiger partial charge in [-0.3, -0.25) is 4.79 Å². The number of anilines is 1. The number of hydrogen-bond acceptors (Lipinski definition) is 2. The standard InChI is InChI=1S/C19H18F3NO2/c1-12-5-8-17(23-18(24)13-6-7-13)14(9-12)11-25-16-4-2-3-15(10-16)19(20,21)22/h2-5,8-10,13H,6-7,11H2,1H3,(H,23,24). The van der Waals surface area contributed by atoms with Gasteiger partial charge in [-0.15, -0.1) is 0 Å². The van der Waals surface area contributed by atoms with Crippen LogP contribution in [0.4, 0.5) is 18.9 Å². The summed E-state index contributed by atoms with van der Waals surface area (Å²) in [5.74, 6) is 0.179. The van der Waals surface area contributed by atoms with Gasteiger partial charge < -0.3 is 10.1 Å². The van der Waals surface area contributed by atoms with Crippen LogP contribution < -0.4 is 10.1 Å². The predicted octanol–water partition coefficient (Wildman–Crippen LogP) is 4.94. The van der Waals surface area contributed by atoms with E-state index in [0.717, 1.165) is 36.1 Å². The fourth-order valence-corrected chi connectivity index (χ4v) is 2.47. The number of aryl methyl sites for hydroxylation is 1. The maximum absolute atomic E-state index is 12.8. The van der Waals surface area contributed by atoms with Crippen molar-refractivity contribution in [3.05, 3.63) is 59.2 Å². The van der Waals surface area contributed by atoms with Gasteiger partial charge in [0.2, 0.25) is 5.91 Å². The topological polar surface area (TPSA) is 38.3 Å². The van der Waals surface area contributed by atoms with Crippen molar-refractivity contribution in [2.24, 2.45) is 5.92 Å². The molecule has 2 aromatic carbocycles. The molecular formula is C19H18F3NO2. The van der Waals surface area contributed by atoms with Crippen LogP contribution in [0.1, 0.15) is 29.5 Å². The van der Waals surface area contributed by atoms with E-state index in [1.165, 1.54) is 12.1 Å². The molecule has 1 aliphatic rings. The van der Waals surface area contributed by atoms with Crippen molar-refractivity contribution in [3.63, 3.8) is 0 Å². The smallest absolute Gasteiger partial charge is 0.416 e. The van der Waals surface area contributed by atoms with Gasteiger partial charge in [0.15, 0.2) is 0 Å². The Hall–Kier alpha value is -2.50. The number of hydrogen-bond donors (Lipinski definition) is 1. The molecule has 0 spiro atoms. The van der Waals surface area contributed by atoms with E-state index >= 15 is 0 Å². The van der Waals surface area contributed by atoms with Crippen LogP contribution in [0.25, 0.3) is 0 Å². The van der Waals surface area contributed by atoms with E-state index in [1.54, 1.807) is 6.07 Å². The fraction of sp³-hybridized carbons (Fsp3) is 0.316. The van der Waals surface area contributed by atoms with E-state index in [1.807, 2.05) is 19.1 Å². The molecule has 0 radical (unpaired) electrons. The summed E-state index contributed by atoms with van der Waals surface area (Å²) in [7, 11) is 0. The summed E-state index contributed by atoms with van der Waals surface area (Å²) < 4.78 is 43.8. The van der Waals surface area contributed by atoms with E-state index in [-0.39, 0.29) is 24.2 Å². The Labute approximate surface area is 143 Å². The van der Waals surface area contributed by atoms with Crippen molar-refractivity contribution in [1.29, 1.82) is 0 Å². The van der Waals surface area contributed by atoms with Crippen LogP contribution in [0.2, 0.25) is 0 Å². The van der Waals surface area contributed by atoms with Gasteiger partial charge in [0.05, 0.1) is 5.56 Å². The lowest BCUT2D eigenvalue weighted by Crippen LogP contribution is -2.15. The van der Waals surface area contributed by atoms with Gasteiger partial charge in [0.25, 0.3) is 0 Å². The molecule has 132 valence electrons. The highest BCUT2D eigenvalue weighted by molar-refractivity contribution is 5.94. The number of carbonyl (C=O) groups excluding carboxylic acids is 1. The van der Waals surface area contributed by atoms with E-state index in [4.69, 9.17) is 4.74 Å². The van der Waals surface area contributed by atoms with E-state index in [0.29, 0.717) is 5.69 Å². The average molecular weight is 349 g/mol. The van der Waals surface area contributed by atoms with E-state index in [9.17, 15) is 18.0 Å². The second-order valence-electron chi connectivity index (χ2n) is 6.24. The van der Waals surface area contributed by atoms with Crippen molar-refractivity contribution in [2.45, 2.75) is 32.5 Å². The first kappa shape index (κ1) is 17.3. The lowest BCUT2D eigenvalue weighted by molar-refractivity contribution is -0.137. The summed E-state index contributed by atoms with van der Waals surface area (Å²) in [5, 5.41) is 2.87. The van der Waals surface area contributed by atoms with Crippen molar-refractivity contribution >= 4 is 11.6 Å². The Morgan fingerprint density at radius 1 is 1.20 bits per heavy atom. The molecule has 0 heterocycles. The molecule has 3 nitrogen and oxygen atoms in total. The highest BCUT2D eigenvalue weighted by Crippen LogP contribution is 2.32. The predicted molar refractivity (Wildman–Crippen MR) is 88.3 cm³/mol. The molecule has 1 amide bonds. The van der Waals surface area contributed by atoms with Crippen molar-refractivity contribution in [2.75, 3.05) is 5.32 Å². The second-order valence-corrected chi connectivity index (χ2v) is 6.24. The number of benzene rings is 2. The third-order valence-corrected chi connectivity index (χ3v) is 4.02. The van der Waals surface area contributed by atoms with Gasteiger partial charge in [-0.05, 0) is 44.0 Å². The Morgan fingerprint density at radius 2 is 1.96 bits per heavy atom. The molecule has 0 unspecified atom stereocenters. The summed E-state index contributed by atoms with van der Waals surface area (Å²) in [4.78, 5) is 12.0. The quantitative estimate of drug-likeness (QED) is 0.830. The minimum Gasteiger partial charge on any atom is -0.489 e. The number of rotatable bonds is 5. The fourth-order valence-electron chi connectivity index (χ4n) is 2.47. The number of ether oxygens (including phenoxy) is 1. The summed E-state index contributed by atoms with van der Waals surface area (Å²) in [5.41, 5.74) is 1.59. The molecule has 6 heteroatoms. The molecule has 0 aliphatic heterocycles. The molecule has 1 aliphatic carbocycles. The van der Waals surface area contributed by atoms with Gasteiger partial charge in [0, 0.05) is 17.2 Å². The maximum atomic E-state index is 12.8. The zero-order valence-corrected chi connectivity index (χ0v) is 13.7. The third-order valence-electron chi connectivity index (χ3n) is 4.02. The number of alkyl halides is 3. The van der Waals surface area contributed by atoms with Crippen LogP contribution in [0.15, 0.2) is 42.5 Å². The van der Waals surface area contributed by atoms with Crippen LogP contribution in [0.3, 0.4) is 0 Å². The second kappa shape index (κ2) is 6.78. The van der Waals surface area contributed by atoms with Crippen LogP contribution in [-0.2, 0) is 17.6 Å². The number of halogens is 3. The number of carbonyl (C=O) groups is 1. The lowest BCUT2D eigenvalue weighted by Gasteiger charge is -2.14. The van der Waals surface area contributed by atoms with Crippen molar-refractivity contribution < 1.29 is 22.7 Å². The molecule has 1 N–H and O–H groups in total. The molecule has 0 saturated heterocycles. The number of nitrogens with one attached hydrogen (secondary N) is 1. The minimum absolute atomic E-state index is 0.0239. The average Bonchev–Trinajstić information content (AvgIpc) is 3.39. The van der Waals surface area contributed by atoms with Crippen LogP contribution in [0.5, 0.6) is 5.75 Å². The summed E-state index contributed by atoms with van der Waals surface area (Å²) in [6, 6.07) is 10.3. The van der Waals surface area contributed by atoms with Gasteiger partial charge in [-0.1, -0.05) is 23.8 Å². The van der Waals surface area contributed by atoms with Crippen LogP contribution in [0, 0.1) is 12.8 Å². The summed E-state index contributed by atoms with van der Waals surface area (Å²) in [6.07, 6.45) is -2.62. The number of amides is 1. The van der Waals surface area contributed by atoms with Crippen molar-refractivity contribution in [3.8, 4) is 5.75 Å². The maximum Gasteiger partial charge on any atom is 0.416 e. The molecule has 1 saturated carbocycles. The van der Waals surface area contributed by atoms with Gasteiger partial charge in [0.1, 0.15) is 12.4 Å². The third kappa shape index (κ3) is 4.53. The van der Waals surface area contributed by atoms with Crippen LogP contribution in [-0.4, -0.2) is 5.91 Å². The van der Waals surface area contributed by atoms with E-state index < -0.39 is 11.7 Å².